The van der Waals surface area contributed by atoms with E-state index in [-0.39, 0.29) is 28.8 Å². The van der Waals surface area contributed by atoms with Crippen molar-refractivity contribution in [2.45, 2.75) is 13.2 Å². The van der Waals surface area contributed by atoms with Crippen molar-refractivity contribution in [1.82, 2.24) is 9.78 Å². The first-order valence-corrected chi connectivity index (χ1v) is 10.4. The average molecular weight is 487 g/mol. The van der Waals surface area contributed by atoms with Crippen molar-refractivity contribution in [1.29, 1.82) is 0 Å². The Morgan fingerprint density at radius 2 is 2.03 bits per heavy atom. The third-order valence-corrected chi connectivity index (χ3v) is 5.04. The van der Waals surface area contributed by atoms with Crippen LogP contribution in [-0.2, 0) is 13.2 Å². The SMILES string of the molecule is O=C(Nc1cnn(Cc2cccc(Cl)c2)c1)c1ccc(COc2ccc([N+](=O)[O-])cc2Cl)o1. The average Bonchev–Trinajstić information content (AvgIpc) is 3.42. The van der Waals surface area contributed by atoms with Gasteiger partial charge in [0.25, 0.3) is 11.6 Å². The summed E-state index contributed by atoms with van der Waals surface area (Å²) in [6, 6.07) is 14.4. The fourth-order valence-electron chi connectivity index (χ4n) is 2.98. The van der Waals surface area contributed by atoms with Crippen molar-refractivity contribution in [3.05, 3.63) is 104 Å². The molecule has 0 aliphatic rings. The summed E-state index contributed by atoms with van der Waals surface area (Å²) in [4.78, 5) is 22.7. The van der Waals surface area contributed by atoms with Gasteiger partial charge in [-0.15, -0.1) is 0 Å². The highest BCUT2D eigenvalue weighted by Crippen LogP contribution is 2.29. The molecule has 33 heavy (non-hydrogen) atoms. The molecule has 2 aromatic carbocycles. The summed E-state index contributed by atoms with van der Waals surface area (Å²) in [6.07, 6.45) is 3.23. The lowest BCUT2D eigenvalue weighted by Crippen LogP contribution is -2.10. The molecule has 4 rings (SSSR count). The number of furan rings is 1. The number of nitro groups is 1. The second-order valence-electron chi connectivity index (χ2n) is 6.94. The van der Waals surface area contributed by atoms with E-state index in [0.717, 1.165) is 5.56 Å². The predicted molar refractivity (Wildman–Crippen MR) is 122 cm³/mol. The Hall–Kier alpha value is -3.82. The number of nitrogens with one attached hydrogen (secondary N) is 1. The van der Waals surface area contributed by atoms with Crippen molar-refractivity contribution in [3.8, 4) is 5.75 Å². The third-order valence-electron chi connectivity index (χ3n) is 4.51. The Bertz CT molecular complexity index is 1320. The number of halogens is 2. The molecule has 168 valence electrons. The largest absolute Gasteiger partial charge is 0.484 e. The number of anilines is 1. The lowest BCUT2D eigenvalue weighted by molar-refractivity contribution is -0.384. The smallest absolute Gasteiger partial charge is 0.291 e. The molecule has 1 amide bonds. The van der Waals surface area contributed by atoms with Crippen molar-refractivity contribution in [2.24, 2.45) is 0 Å². The van der Waals surface area contributed by atoms with Crippen molar-refractivity contribution in [2.75, 3.05) is 5.32 Å². The van der Waals surface area contributed by atoms with Crippen LogP contribution in [0.2, 0.25) is 10.0 Å². The van der Waals surface area contributed by atoms with Gasteiger partial charge in [0.1, 0.15) is 18.1 Å². The lowest BCUT2D eigenvalue weighted by atomic mass is 10.2. The zero-order valence-electron chi connectivity index (χ0n) is 16.9. The first-order valence-electron chi connectivity index (χ1n) is 9.61. The molecule has 0 atom stereocenters. The summed E-state index contributed by atoms with van der Waals surface area (Å²) in [5.41, 5.74) is 1.35. The zero-order chi connectivity index (χ0) is 23.4. The normalized spacial score (nSPS) is 10.7. The molecule has 0 unspecified atom stereocenters. The van der Waals surface area contributed by atoms with Gasteiger partial charge in [-0.1, -0.05) is 35.3 Å². The second kappa shape index (κ2) is 9.76. The minimum absolute atomic E-state index is 0.0115. The molecule has 0 spiro atoms. The second-order valence-corrected chi connectivity index (χ2v) is 7.78. The van der Waals surface area contributed by atoms with Gasteiger partial charge in [-0.05, 0) is 35.9 Å². The molecular formula is C22H16Cl2N4O5. The van der Waals surface area contributed by atoms with E-state index >= 15 is 0 Å². The monoisotopic (exact) mass is 486 g/mol. The van der Waals surface area contributed by atoms with Crippen molar-refractivity contribution in [3.63, 3.8) is 0 Å². The van der Waals surface area contributed by atoms with Gasteiger partial charge in [0.2, 0.25) is 0 Å². The molecule has 0 radical (unpaired) electrons. The van der Waals surface area contributed by atoms with Crippen LogP contribution in [0.4, 0.5) is 11.4 Å². The van der Waals surface area contributed by atoms with Crippen LogP contribution in [-0.4, -0.2) is 20.6 Å². The van der Waals surface area contributed by atoms with Crippen LogP contribution in [0.25, 0.3) is 0 Å². The number of nitrogens with zero attached hydrogens (tertiary/aromatic N) is 3. The van der Waals surface area contributed by atoms with E-state index in [1.54, 1.807) is 23.0 Å². The van der Waals surface area contributed by atoms with E-state index in [9.17, 15) is 14.9 Å². The van der Waals surface area contributed by atoms with Crippen LogP contribution in [0.3, 0.4) is 0 Å². The summed E-state index contributed by atoms with van der Waals surface area (Å²) in [6.45, 7) is 0.492. The molecule has 0 aliphatic carbocycles. The molecule has 11 heteroatoms. The molecule has 9 nitrogen and oxygen atoms in total. The highest BCUT2D eigenvalue weighted by atomic mass is 35.5. The third kappa shape index (κ3) is 5.71. The number of nitro benzene ring substituents is 1. The highest BCUT2D eigenvalue weighted by Gasteiger charge is 2.15. The van der Waals surface area contributed by atoms with Gasteiger partial charge in [0.05, 0.1) is 28.4 Å². The fourth-order valence-corrected chi connectivity index (χ4v) is 3.42. The van der Waals surface area contributed by atoms with Crippen LogP contribution in [0.15, 0.2) is 71.4 Å². The number of hydrogen-bond acceptors (Lipinski definition) is 6. The summed E-state index contributed by atoms with van der Waals surface area (Å²) >= 11 is 12.0. The quantitative estimate of drug-likeness (QED) is 0.257. The maximum absolute atomic E-state index is 12.5. The molecular weight excluding hydrogens is 471 g/mol. The molecule has 0 saturated heterocycles. The maximum atomic E-state index is 12.5. The van der Waals surface area contributed by atoms with Crippen molar-refractivity contribution >= 4 is 40.5 Å². The van der Waals surface area contributed by atoms with Crippen molar-refractivity contribution < 1.29 is 18.9 Å². The van der Waals surface area contributed by atoms with Gasteiger partial charge in [-0.25, -0.2) is 0 Å². The Labute approximate surface area is 197 Å². The summed E-state index contributed by atoms with van der Waals surface area (Å²) in [5.74, 6) is 0.283. The van der Waals surface area contributed by atoms with E-state index in [1.807, 2.05) is 18.2 Å². The molecule has 0 fully saturated rings. The number of rotatable bonds is 8. The Morgan fingerprint density at radius 3 is 2.79 bits per heavy atom. The van der Waals surface area contributed by atoms with E-state index < -0.39 is 10.8 Å². The number of carbonyl (C=O) groups excluding carboxylic acids is 1. The molecule has 1 N–H and O–H groups in total. The summed E-state index contributed by atoms with van der Waals surface area (Å²) < 4.78 is 12.7. The Kier molecular flexibility index (Phi) is 6.62. The molecule has 2 heterocycles. The van der Waals surface area contributed by atoms with E-state index in [1.165, 1.54) is 30.5 Å². The highest BCUT2D eigenvalue weighted by molar-refractivity contribution is 6.32. The first kappa shape index (κ1) is 22.4. The number of aromatic nitrogens is 2. The number of non-ortho nitro benzene ring substituents is 1. The van der Waals surface area contributed by atoms with Gasteiger partial charge in [-0.3, -0.25) is 19.6 Å². The number of benzene rings is 2. The van der Waals surface area contributed by atoms with Crippen LogP contribution in [0.1, 0.15) is 21.9 Å². The number of amides is 1. The molecule has 2 aromatic heterocycles. The standard InChI is InChI=1S/C22H16Cl2N4O5/c23-15-3-1-2-14(8-15)11-27-12-16(10-25-27)26-22(29)21-7-5-18(33-21)13-32-20-6-4-17(28(30)31)9-19(20)24/h1-10,12H,11,13H2,(H,26,29). The fraction of sp³-hybridized carbons (Fsp3) is 0.0909. The van der Waals surface area contributed by atoms with Crippen LogP contribution < -0.4 is 10.1 Å². The minimum Gasteiger partial charge on any atom is -0.484 e. The van der Waals surface area contributed by atoms with Gasteiger partial charge in [0, 0.05) is 23.4 Å². The molecule has 4 aromatic rings. The van der Waals surface area contributed by atoms with Crippen LogP contribution in [0, 0.1) is 10.1 Å². The number of hydrogen-bond donors (Lipinski definition) is 1. The number of ether oxygens (including phenoxy) is 1. The first-order chi connectivity index (χ1) is 15.9. The minimum atomic E-state index is -0.548. The summed E-state index contributed by atoms with van der Waals surface area (Å²) in [7, 11) is 0. The lowest BCUT2D eigenvalue weighted by Gasteiger charge is -2.06. The van der Waals surface area contributed by atoms with E-state index in [2.05, 4.69) is 10.4 Å². The maximum Gasteiger partial charge on any atom is 0.291 e. The van der Waals surface area contributed by atoms with Gasteiger partial charge in [0.15, 0.2) is 5.76 Å². The van der Waals surface area contributed by atoms with E-state index in [0.29, 0.717) is 23.0 Å². The van der Waals surface area contributed by atoms with Crippen LogP contribution >= 0.6 is 23.2 Å². The predicted octanol–water partition coefficient (Wildman–Crippen LogP) is 5.57. The Balaban J connectivity index is 1.34. The van der Waals surface area contributed by atoms with Gasteiger partial charge in [-0.2, -0.15) is 5.10 Å². The van der Waals surface area contributed by atoms with Gasteiger partial charge >= 0.3 is 0 Å². The Morgan fingerprint density at radius 1 is 1.18 bits per heavy atom. The zero-order valence-corrected chi connectivity index (χ0v) is 18.4. The number of carbonyl (C=O) groups is 1. The topological polar surface area (TPSA) is 112 Å². The molecule has 0 saturated carbocycles. The molecule has 0 aliphatic heterocycles. The molecule has 0 bridgehead atoms. The van der Waals surface area contributed by atoms with Gasteiger partial charge < -0.3 is 14.5 Å². The van der Waals surface area contributed by atoms with Crippen LogP contribution in [0.5, 0.6) is 5.75 Å². The van der Waals surface area contributed by atoms with E-state index in [4.69, 9.17) is 32.4 Å². The summed E-state index contributed by atoms with van der Waals surface area (Å²) in [5, 5.41) is 18.5.